The molecule has 0 radical (unpaired) electrons. The molecule has 0 bridgehead atoms. The van der Waals surface area contributed by atoms with Crippen LogP contribution in [0.4, 0.5) is 21.5 Å². The highest BCUT2D eigenvalue weighted by Crippen LogP contribution is 2.33. The first-order valence-electron chi connectivity index (χ1n) is 8.13. The van der Waals surface area contributed by atoms with E-state index in [0.717, 1.165) is 5.69 Å². The fourth-order valence-corrected chi connectivity index (χ4v) is 3.16. The van der Waals surface area contributed by atoms with Gasteiger partial charge in [-0.25, -0.2) is 9.87 Å². The third-order valence-electron chi connectivity index (χ3n) is 4.43. The molecule has 1 aliphatic heterocycles. The molecule has 2 aromatic carbocycles. The smallest absolute Gasteiger partial charge is 0.280 e. The average Bonchev–Trinajstić information content (AvgIpc) is 2.67. The zero-order chi connectivity index (χ0) is 18.7. The van der Waals surface area contributed by atoms with E-state index >= 15 is 0 Å². The van der Waals surface area contributed by atoms with E-state index in [1.54, 1.807) is 35.8 Å². The number of carbonyl (C=O) groups is 1. The van der Waals surface area contributed by atoms with Gasteiger partial charge < -0.3 is 9.80 Å². The summed E-state index contributed by atoms with van der Waals surface area (Å²) in [6.45, 7) is 5.95. The molecule has 0 atom stereocenters. The average molecular weight is 359 g/mol. The maximum atomic E-state index is 13.1. The Labute approximate surface area is 150 Å². The van der Waals surface area contributed by atoms with Crippen LogP contribution in [0, 0.1) is 5.82 Å². The third kappa shape index (κ3) is 3.45. The molecule has 0 aliphatic carbocycles. The molecule has 136 valence electrons. The number of piperazine rings is 1. The van der Waals surface area contributed by atoms with E-state index in [2.05, 4.69) is 11.6 Å². The van der Waals surface area contributed by atoms with Crippen LogP contribution in [0.25, 0.3) is 0 Å². The van der Waals surface area contributed by atoms with E-state index in [-0.39, 0.29) is 11.4 Å². The number of carbonyl (C=O) groups excluding carboxylic acids is 1. The number of nitrogens with one attached hydrogen (secondary N) is 1. The predicted octanol–water partition coefficient (Wildman–Crippen LogP) is 2.01. The highest BCUT2D eigenvalue weighted by Gasteiger charge is 2.28. The first-order valence-corrected chi connectivity index (χ1v) is 8.13. The standard InChI is InChI=1S/C18H19FN4O3/c1-21(26)16-4-2-3-15(18(24)20-25)17(16)23-11-9-22(10-12-23)14-7-5-13(19)6-8-14/h2-8H,1,9-12H2,(H2-,20,24,25,26)/p+1. The van der Waals surface area contributed by atoms with E-state index in [1.807, 2.05) is 4.90 Å². The summed E-state index contributed by atoms with van der Waals surface area (Å²) < 4.78 is 13.8. The summed E-state index contributed by atoms with van der Waals surface area (Å²) in [5.74, 6) is -0.941. The highest BCUT2D eigenvalue weighted by molar-refractivity contribution is 6.01. The molecule has 1 aliphatic rings. The molecule has 26 heavy (non-hydrogen) atoms. The van der Waals surface area contributed by atoms with Gasteiger partial charge in [0.15, 0.2) is 6.72 Å². The number of benzene rings is 2. The molecule has 3 N–H and O–H groups in total. The Morgan fingerprint density at radius 1 is 1.08 bits per heavy atom. The molecule has 0 aromatic heterocycles. The number of hydroxylamine groups is 1. The fourth-order valence-electron chi connectivity index (χ4n) is 3.16. The quantitative estimate of drug-likeness (QED) is 0.256. The molecule has 2 aromatic rings. The number of hydrogen-bond donors (Lipinski definition) is 3. The van der Waals surface area contributed by atoms with Crippen LogP contribution in [0.1, 0.15) is 10.4 Å². The lowest BCUT2D eigenvalue weighted by Crippen LogP contribution is -2.47. The van der Waals surface area contributed by atoms with Crippen LogP contribution >= 0.6 is 0 Å². The van der Waals surface area contributed by atoms with Gasteiger partial charge in [0.1, 0.15) is 11.5 Å². The monoisotopic (exact) mass is 359 g/mol. The van der Waals surface area contributed by atoms with Gasteiger partial charge in [0.05, 0.1) is 5.56 Å². The maximum Gasteiger partial charge on any atom is 0.280 e. The summed E-state index contributed by atoms with van der Waals surface area (Å²) in [5, 5.41) is 18.8. The Balaban J connectivity index is 1.85. The summed E-state index contributed by atoms with van der Waals surface area (Å²) in [6.07, 6.45) is 0. The molecular formula is C18H20FN4O3+. The number of halogens is 1. The van der Waals surface area contributed by atoms with Gasteiger partial charge in [-0.2, -0.15) is 0 Å². The fraction of sp³-hybridized carbons (Fsp3) is 0.222. The Morgan fingerprint density at radius 3 is 2.27 bits per heavy atom. The van der Waals surface area contributed by atoms with Crippen molar-refractivity contribution < 1.29 is 24.3 Å². The van der Waals surface area contributed by atoms with E-state index in [4.69, 9.17) is 5.21 Å². The molecule has 8 heteroatoms. The summed E-state index contributed by atoms with van der Waals surface area (Å²) in [7, 11) is 0. The van der Waals surface area contributed by atoms with Gasteiger partial charge in [0.25, 0.3) is 11.6 Å². The number of amides is 1. The number of nitrogens with zero attached hydrogens (tertiary/aromatic N) is 3. The van der Waals surface area contributed by atoms with E-state index in [9.17, 15) is 14.4 Å². The number of para-hydroxylation sites is 1. The first-order chi connectivity index (χ1) is 12.5. The molecule has 3 rings (SSSR count). The predicted molar refractivity (Wildman–Crippen MR) is 95.3 cm³/mol. The van der Waals surface area contributed by atoms with Crippen molar-refractivity contribution in [3.05, 3.63) is 53.8 Å². The molecule has 1 fully saturated rings. The van der Waals surface area contributed by atoms with Crippen molar-refractivity contribution in [2.24, 2.45) is 0 Å². The van der Waals surface area contributed by atoms with Gasteiger partial charge in [0.2, 0.25) is 0 Å². The Hall–Kier alpha value is -3.13. The van der Waals surface area contributed by atoms with E-state index in [0.29, 0.717) is 42.3 Å². The van der Waals surface area contributed by atoms with Crippen molar-refractivity contribution in [2.75, 3.05) is 36.0 Å². The zero-order valence-corrected chi connectivity index (χ0v) is 14.1. The van der Waals surface area contributed by atoms with Crippen molar-refractivity contribution >= 4 is 29.7 Å². The first kappa shape index (κ1) is 17.7. The van der Waals surface area contributed by atoms with Crippen molar-refractivity contribution in [1.29, 1.82) is 0 Å². The maximum absolute atomic E-state index is 13.1. The largest absolute Gasteiger partial charge is 0.368 e. The molecule has 7 nitrogen and oxygen atoms in total. The lowest BCUT2D eigenvalue weighted by molar-refractivity contribution is -0.706. The minimum absolute atomic E-state index is 0.239. The summed E-state index contributed by atoms with van der Waals surface area (Å²) >= 11 is 0. The Bertz CT molecular complexity index is 818. The lowest BCUT2D eigenvalue weighted by Gasteiger charge is -2.37. The van der Waals surface area contributed by atoms with Crippen LogP contribution in [0.3, 0.4) is 0 Å². The topological polar surface area (TPSA) is 79.0 Å². The normalized spacial score (nSPS) is 14.2. The second kappa shape index (κ2) is 7.40. The lowest BCUT2D eigenvalue weighted by atomic mass is 10.1. The summed E-state index contributed by atoms with van der Waals surface area (Å²) in [4.78, 5) is 16.1. The summed E-state index contributed by atoms with van der Waals surface area (Å²) in [5.41, 5.74) is 3.66. The van der Waals surface area contributed by atoms with Crippen molar-refractivity contribution in [2.45, 2.75) is 0 Å². The van der Waals surface area contributed by atoms with Crippen LogP contribution in [-0.4, -0.2) is 54.0 Å². The molecule has 0 saturated carbocycles. The van der Waals surface area contributed by atoms with Gasteiger partial charge >= 0.3 is 0 Å². The number of anilines is 2. The number of rotatable bonds is 4. The van der Waals surface area contributed by atoms with Crippen LogP contribution in [0.2, 0.25) is 0 Å². The van der Waals surface area contributed by atoms with Crippen molar-refractivity contribution in [3.63, 3.8) is 0 Å². The SMILES string of the molecule is C=[N+](O)c1cccc(C(=O)NO)c1N1CCN(c2ccc(F)cc2)CC1. The molecule has 0 unspecified atom stereocenters. The van der Waals surface area contributed by atoms with Crippen LogP contribution < -0.4 is 15.3 Å². The van der Waals surface area contributed by atoms with E-state index < -0.39 is 5.91 Å². The molecule has 0 spiro atoms. The molecule has 1 heterocycles. The molecule has 1 saturated heterocycles. The van der Waals surface area contributed by atoms with Crippen molar-refractivity contribution in [3.8, 4) is 0 Å². The van der Waals surface area contributed by atoms with Crippen LogP contribution in [0.5, 0.6) is 0 Å². The van der Waals surface area contributed by atoms with Gasteiger partial charge in [-0.15, -0.1) is 0 Å². The number of hydrogen-bond acceptors (Lipinski definition) is 5. The van der Waals surface area contributed by atoms with Crippen LogP contribution in [-0.2, 0) is 0 Å². The van der Waals surface area contributed by atoms with E-state index in [1.165, 1.54) is 12.1 Å². The molecular weight excluding hydrogens is 339 g/mol. The second-order valence-electron chi connectivity index (χ2n) is 5.96. The van der Waals surface area contributed by atoms with Crippen LogP contribution in [0.15, 0.2) is 42.5 Å². The second-order valence-corrected chi connectivity index (χ2v) is 5.96. The van der Waals surface area contributed by atoms with Gasteiger partial charge in [-0.1, -0.05) is 6.07 Å². The Morgan fingerprint density at radius 2 is 1.69 bits per heavy atom. The minimum Gasteiger partial charge on any atom is -0.368 e. The van der Waals surface area contributed by atoms with Gasteiger partial charge in [0, 0.05) is 42.7 Å². The Kier molecular flexibility index (Phi) is 5.04. The molecule has 1 amide bonds. The van der Waals surface area contributed by atoms with Crippen molar-refractivity contribution in [1.82, 2.24) is 5.48 Å². The third-order valence-corrected chi connectivity index (χ3v) is 4.43. The van der Waals surface area contributed by atoms with Gasteiger partial charge in [-0.3, -0.25) is 15.2 Å². The van der Waals surface area contributed by atoms with Gasteiger partial charge in [-0.05, 0) is 30.3 Å². The minimum atomic E-state index is -0.662. The summed E-state index contributed by atoms with van der Waals surface area (Å²) in [6, 6.07) is 11.1. The highest BCUT2D eigenvalue weighted by atomic mass is 19.1. The zero-order valence-electron chi connectivity index (χ0n) is 14.1.